The minimum absolute atomic E-state index is 0.0129. The van der Waals surface area contributed by atoms with Crippen LogP contribution in [0.4, 0.5) is 22.0 Å². The Labute approximate surface area is 225 Å². The maximum Gasteiger partial charge on any atom is 0.416 e. The van der Waals surface area contributed by atoms with Gasteiger partial charge in [0.05, 0.1) is 27.0 Å². The first-order valence-corrected chi connectivity index (χ1v) is 12.5. The molecule has 9 heteroatoms. The molecule has 0 saturated carbocycles. The number of hydrogen-bond acceptors (Lipinski definition) is 2. The lowest BCUT2D eigenvalue weighted by Crippen LogP contribution is -2.12. The molecule has 5 rings (SSSR count). The molecule has 1 aliphatic rings. The van der Waals surface area contributed by atoms with Gasteiger partial charge in [-0.2, -0.15) is 13.2 Å². The number of alkyl halides is 4. The second-order valence-electron chi connectivity index (χ2n) is 9.45. The molecule has 0 spiro atoms. The number of nitrogens with zero attached hydrogens (tertiary/aromatic N) is 1. The molecule has 0 saturated heterocycles. The molecule has 3 aromatic carbocycles. The number of benzene rings is 3. The van der Waals surface area contributed by atoms with E-state index >= 15 is 4.39 Å². The first-order valence-electron chi connectivity index (χ1n) is 11.7. The standard InChI is InChI=1S/C29H20Cl2F5NO/c1-13(2)26-23(25(33)15-3-7-16(8-4-15)29(34,35)36)22(14-5-9-17(32)10-6-14)24-27(37-26)18-11-20(30)21(31)12-19(18)28(24)38/h3-13,25,28,38H,1-2H3. The third kappa shape index (κ3) is 4.46. The topological polar surface area (TPSA) is 33.1 Å². The van der Waals surface area contributed by atoms with Gasteiger partial charge in [0, 0.05) is 16.7 Å². The summed E-state index contributed by atoms with van der Waals surface area (Å²) < 4.78 is 69.7. The molecule has 1 heterocycles. The van der Waals surface area contributed by atoms with Crippen molar-refractivity contribution in [1.29, 1.82) is 0 Å². The molecule has 0 fully saturated rings. The number of aromatic nitrogens is 1. The fourth-order valence-electron chi connectivity index (χ4n) is 4.88. The zero-order chi connectivity index (χ0) is 27.5. The average Bonchev–Trinajstić information content (AvgIpc) is 3.13. The third-order valence-electron chi connectivity index (χ3n) is 6.68. The first-order chi connectivity index (χ1) is 17.9. The number of rotatable bonds is 4. The van der Waals surface area contributed by atoms with Gasteiger partial charge in [-0.05, 0) is 64.6 Å². The van der Waals surface area contributed by atoms with Crippen molar-refractivity contribution in [2.45, 2.75) is 38.2 Å². The van der Waals surface area contributed by atoms with Gasteiger partial charge in [0.1, 0.15) is 11.9 Å². The summed E-state index contributed by atoms with van der Waals surface area (Å²) in [6.45, 7) is 3.63. The van der Waals surface area contributed by atoms with Crippen LogP contribution in [0.1, 0.15) is 65.6 Å². The van der Waals surface area contributed by atoms with Gasteiger partial charge >= 0.3 is 6.18 Å². The first kappa shape index (κ1) is 26.6. The van der Waals surface area contributed by atoms with Crippen molar-refractivity contribution in [2.24, 2.45) is 0 Å². The van der Waals surface area contributed by atoms with Crippen LogP contribution < -0.4 is 0 Å². The van der Waals surface area contributed by atoms with Crippen molar-refractivity contribution in [3.8, 4) is 22.4 Å². The lowest BCUT2D eigenvalue weighted by Gasteiger charge is -2.24. The Morgan fingerprint density at radius 2 is 1.53 bits per heavy atom. The van der Waals surface area contributed by atoms with Crippen molar-refractivity contribution >= 4 is 23.2 Å². The summed E-state index contributed by atoms with van der Waals surface area (Å²) in [6.07, 6.45) is -7.71. The molecular weight excluding hydrogens is 544 g/mol. The highest BCUT2D eigenvalue weighted by atomic mass is 35.5. The zero-order valence-corrected chi connectivity index (χ0v) is 21.6. The molecule has 1 aliphatic carbocycles. The normalized spacial score (nSPS) is 15.5. The molecule has 0 radical (unpaired) electrons. The molecule has 4 aromatic rings. The minimum Gasteiger partial charge on any atom is -0.384 e. The van der Waals surface area contributed by atoms with E-state index in [2.05, 4.69) is 0 Å². The quantitative estimate of drug-likeness (QED) is 0.251. The molecule has 38 heavy (non-hydrogen) atoms. The van der Waals surface area contributed by atoms with Gasteiger partial charge in [0.15, 0.2) is 6.17 Å². The molecule has 0 aliphatic heterocycles. The van der Waals surface area contributed by atoms with E-state index in [1.807, 2.05) is 13.8 Å². The smallest absolute Gasteiger partial charge is 0.384 e. The summed E-state index contributed by atoms with van der Waals surface area (Å²) in [7, 11) is 0. The van der Waals surface area contributed by atoms with Crippen molar-refractivity contribution in [2.75, 3.05) is 0 Å². The maximum absolute atomic E-state index is 16.5. The predicted octanol–water partition coefficient (Wildman–Crippen LogP) is 9.46. The zero-order valence-electron chi connectivity index (χ0n) is 20.0. The minimum atomic E-state index is -4.57. The summed E-state index contributed by atoms with van der Waals surface area (Å²) in [4.78, 5) is 4.77. The van der Waals surface area contributed by atoms with E-state index in [9.17, 15) is 22.7 Å². The van der Waals surface area contributed by atoms with Crippen LogP contribution in [0.2, 0.25) is 10.0 Å². The van der Waals surface area contributed by atoms with E-state index in [-0.39, 0.29) is 27.1 Å². The molecule has 2 nitrogen and oxygen atoms in total. The van der Waals surface area contributed by atoms with E-state index in [4.69, 9.17) is 28.2 Å². The third-order valence-corrected chi connectivity index (χ3v) is 7.40. The number of pyridine rings is 1. The van der Waals surface area contributed by atoms with Crippen LogP contribution in [0.3, 0.4) is 0 Å². The maximum atomic E-state index is 16.5. The monoisotopic (exact) mass is 563 g/mol. The Bertz CT molecular complexity index is 1530. The van der Waals surface area contributed by atoms with E-state index in [1.165, 1.54) is 30.3 Å². The van der Waals surface area contributed by atoms with Crippen molar-refractivity contribution < 1.29 is 27.1 Å². The summed E-state index contributed by atoms with van der Waals surface area (Å²) in [5.74, 6) is -0.821. The van der Waals surface area contributed by atoms with E-state index in [1.54, 1.807) is 6.07 Å². The molecule has 2 unspecified atom stereocenters. The highest BCUT2D eigenvalue weighted by Gasteiger charge is 2.38. The second-order valence-corrected chi connectivity index (χ2v) is 10.3. The summed E-state index contributed by atoms with van der Waals surface area (Å²) in [5, 5.41) is 11.9. The van der Waals surface area contributed by atoms with Crippen molar-refractivity contribution in [3.05, 3.63) is 110 Å². The molecule has 1 N–H and O–H groups in total. The summed E-state index contributed by atoms with van der Waals surface area (Å²) in [6, 6.07) is 12.3. The fourth-order valence-corrected chi connectivity index (χ4v) is 5.22. The van der Waals surface area contributed by atoms with Crippen LogP contribution in [0.15, 0.2) is 60.7 Å². The average molecular weight is 564 g/mol. The van der Waals surface area contributed by atoms with Gasteiger partial charge in [-0.25, -0.2) is 8.78 Å². The number of fused-ring (bicyclic) bond motifs is 3. The Morgan fingerprint density at radius 3 is 2.11 bits per heavy atom. The van der Waals surface area contributed by atoms with Gasteiger partial charge in [0.25, 0.3) is 0 Å². The lowest BCUT2D eigenvalue weighted by molar-refractivity contribution is -0.137. The molecule has 1 aromatic heterocycles. The van der Waals surface area contributed by atoms with Crippen LogP contribution in [-0.2, 0) is 6.18 Å². The highest BCUT2D eigenvalue weighted by Crippen LogP contribution is 2.53. The predicted molar refractivity (Wildman–Crippen MR) is 138 cm³/mol. The Kier molecular flexibility index (Phi) is 6.74. The van der Waals surface area contributed by atoms with E-state index in [0.717, 1.165) is 24.3 Å². The Hall–Kier alpha value is -3.00. The Morgan fingerprint density at radius 1 is 0.921 bits per heavy atom. The van der Waals surface area contributed by atoms with E-state index < -0.39 is 29.8 Å². The molecule has 0 amide bonds. The van der Waals surface area contributed by atoms with Crippen LogP contribution in [0.5, 0.6) is 0 Å². The van der Waals surface area contributed by atoms with Crippen molar-refractivity contribution in [1.82, 2.24) is 4.98 Å². The summed E-state index contributed by atoms with van der Waals surface area (Å²) in [5.41, 5.74) is 1.88. The molecule has 0 bridgehead atoms. The Balaban J connectivity index is 1.82. The van der Waals surface area contributed by atoms with Gasteiger partial charge in [-0.15, -0.1) is 0 Å². The van der Waals surface area contributed by atoms with E-state index in [0.29, 0.717) is 39.2 Å². The SMILES string of the molecule is CC(C)c1nc2c(c(-c3ccc(F)cc3)c1C(F)c1ccc(C(F)(F)F)cc1)C(O)c1cc(Cl)c(Cl)cc1-2. The second kappa shape index (κ2) is 9.63. The molecule has 2 atom stereocenters. The highest BCUT2D eigenvalue weighted by molar-refractivity contribution is 6.42. The fraction of sp³-hybridized carbons (Fsp3) is 0.207. The number of hydrogen-bond donors (Lipinski definition) is 1. The molecule has 196 valence electrons. The lowest BCUT2D eigenvalue weighted by atomic mass is 9.85. The number of halogens is 7. The van der Waals surface area contributed by atoms with Crippen LogP contribution >= 0.6 is 23.2 Å². The van der Waals surface area contributed by atoms with Crippen LogP contribution in [0.25, 0.3) is 22.4 Å². The van der Waals surface area contributed by atoms with Gasteiger partial charge in [-0.3, -0.25) is 4.98 Å². The van der Waals surface area contributed by atoms with Gasteiger partial charge in [-0.1, -0.05) is 61.3 Å². The largest absolute Gasteiger partial charge is 0.416 e. The van der Waals surface area contributed by atoms with Crippen molar-refractivity contribution in [3.63, 3.8) is 0 Å². The molecular formula is C29H20Cl2F5NO. The number of aliphatic hydroxyl groups is 1. The number of aliphatic hydroxyl groups excluding tert-OH is 1. The van der Waals surface area contributed by atoms with Crippen LogP contribution in [-0.4, -0.2) is 10.1 Å². The summed E-state index contributed by atoms with van der Waals surface area (Å²) >= 11 is 12.5. The van der Waals surface area contributed by atoms with Gasteiger partial charge < -0.3 is 5.11 Å². The van der Waals surface area contributed by atoms with Gasteiger partial charge in [0.2, 0.25) is 0 Å². The van der Waals surface area contributed by atoms with Crippen LogP contribution in [0, 0.1) is 5.82 Å².